The van der Waals surface area contributed by atoms with E-state index in [9.17, 15) is 9.18 Å². The third-order valence-electron chi connectivity index (χ3n) is 5.39. The molecule has 1 amide bonds. The van der Waals surface area contributed by atoms with Gasteiger partial charge in [-0.3, -0.25) is 13.8 Å². The Morgan fingerprint density at radius 2 is 2.03 bits per heavy atom. The van der Waals surface area contributed by atoms with Crippen molar-refractivity contribution in [2.75, 3.05) is 12.4 Å². The van der Waals surface area contributed by atoms with Crippen LogP contribution in [0.2, 0.25) is 0 Å². The van der Waals surface area contributed by atoms with Crippen molar-refractivity contribution in [3.63, 3.8) is 0 Å². The molecule has 1 aliphatic rings. The predicted octanol–water partition coefficient (Wildman–Crippen LogP) is 2.71. The Kier molecular flexibility index (Phi) is 6.31. The molecule has 1 aliphatic heterocycles. The summed E-state index contributed by atoms with van der Waals surface area (Å²) in [5, 5.41) is 20.3. The lowest BCUT2D eigenvalue weighted by atomic mass is 10.2. The fourth-order valence-corrected chi connectivity index (χ4v) is 4.51. The van der Waals surface area contributed by atoms with Gasteiger partial charge in [0.1, 0.15) is 5.82 Å². The Morgan fingerprint density at radius 3 is 2.85 bits per heavy atom. The van der Waals surface area contributed by atoms with Gasteiger partial charge in [-0.15, -0.1) is 20.4 Å². The van der Waals surface area contributed by atoms with E-state index in [1.54, 1.807) is 12.1 Å². The average Bonchev–Trinajstić information content (AvgIpc) is 3.58. The second-order valence-corrected chi connectivity index (χ2v) is 8.61. The van der Waals surface area contributed by atoms with E-state index < -0.39 is 0 Å². The molecule has 0 spiro atoms. The van der Waals surface area contributed by atoms with E-state index in [0.717, 1.165) is 30.7 Å². The first-order valence-corrected chi connectivity index (χ1v) is 11.6. The number of aromatic nitrogens is 6. The van der Waals surface area contributed by atoms with E-state index in [-0.39, 0.29) is 30.1 Å². The van der Waals surface area contributed by atoms with Gasteiger partial charge in [0.05, 0.1) is 24.9 Å². The first-order chi connectivity index (χ1) is 16.2. The predicted molar refractivity (Wildman–Crippen MR) is 120 cm³/mol. The molecule has 0 unspecified atom stereocenters. The lowest BCUT2D eigenvalue weighted by Crippen LogP contribution is -2.26. The molecule has 1 saturated heterocycles. The van der Waals surface area contributed by atoms with E-state index in [0.29, 0.717) is 23.4 Å². The Bertz CT molecular complexity index is 1250. The normalized spacial score (nSPS) is 15.8. The third-order valence-corrected chi connectivity index (χ3v) is 6.36. The number of amides is 1. The third kappa shape index (κ3) is 4.88. The van der Waals surface area contributed by atoms with Crippen molar-refractivity contribution in [2.24, 2.45) is 0 Å². The van der Waals surface area contributed by atoms with Gasteiger partial charge in [-0.25, -0.2) is 4.39 Å². The van der Waals surface area contributed by atoms with E-state index in [1.807, 2.05) is 33.4 Å². The molecular weight excluding hydrogens is 445 g/mol. The molecule has 0 aliphatic carbocycles. The second kappa shape index (κ2) is 9.67. The minimum absolute atomic E-state index is 0.0644. The summed E-state index contributed by atoms with van der Waals surface area (Å²) in [6.45, 7) is 1.59. The van der Waals surface area contributed by atoms with Crippen LogP contribution in [0.3, 0.4) is 0 Å². The summed E-state index contributed by atoms with van der Waals surface area (Å²) < 4.78 is 23.0. The average molecular weight is 468 g/mol. The molecule has 5 rings (SSSR count). The highest BCUT2D eigenvalue weighted by Gasteiger charge is 2.22. The summed E-state index contributed by atoms with van der Waals surface area (Å²) in [4.78, 5) is 12.5. The Balaban J connectivity index is 1.27. The maximum Gasteiger partial charge on any atom is 0.230 e. The first kappa shape index (κ1) is 21.5. The van der Waals surface area contributed by atoms with Crippen LogP contribution < -0.4 is 5.32 Å². The summed E-state index contributed by atoms with van der Waals surface area (Å²) in [7, 11) is 0. The molecule has 11 heteroatoms. The number of nitrogens with one attached hydrogen (secondary N) is 1. The highest BCUT2D eigenvalue weighted by Crippen LogP contribution is 2.26. The lowest BCUT2D eigenvalue weighted by Gasteiger charge is -2.14. The van der Waals surface area contributed by atoms with E-state index in [2.05, 4.69) is 25.7 Å². The zero-order chi connectivity index (χ0) is 22.6. The minimum Gasteiger partial charge on any atom is -0.376 e. The van der Waals surface area contributed by atoms with Crippen LogP contribution in [0.5, 0.6) is 0 Å². The fourth-order valence-electron chi connectivity index (χ4n) is 3.73. The van der Waals surface area contributed by atoms with Crippen LogP contribution in [0.15, 0.2) is 53.8 Å². The van der Waals surface area contributed by atoms with Gasteiger partial charge in [0.25, 0.3) is 0 Å². The van der Waals surface area contributed by atoms with Crippen molar-refractivity contribution in [1.82, 2.24) is 34.7 Å². The highest BCUT2D eigenvalue weighted by molar-refractivity contribution is 7.99. The van der Waals surface area contributed by atoms with E-state index in [1.165, 1.54) is 23.9 Å². The fraction of sp³-hybridized carbons (Fsp3) is 0.318. The number of rotatable bonds is 8. The van der Waals surface area contributed by atoms with Crippen molar-refractivity contribution in [3.05, 3.63) is 60.3 Å². The van der Waals surface area contributed by atoms with Gasteiger partial charge in [0.2, 0.25) is 5.91 Å². The molecule has 1 atom stereocenters. The van der Waals surface area contributed by atoms with Crippen LogP contribution in [0.1, 0.15) is 18.7 Å². The number of pyridine rings is 1. The molecule has 1 fully saturated rings. The van der Waals surface area contributed by atoms with Crippen molar-refractivity contribution >= 4 is 23.3 Å². The summed E-state index contributed by atoms with van der Waals surface area (Å²) in [6, 6.07) is 11.8. The van der Waals surface area contributed by atoms with Gasteiger partial charge in [-0.1, -0.05) is 17.8 Å². The molecule has 4 aromatic rings. The Labute approximate surface area is 193 Å². The number of carbonyl (C=O) groups is 1. The summed E-state index contributed by atoms with van der Waals surface area (Å²) in [5.74, 6) is 0.995. The van der Waals surface area contributed by atoms with Gasteiger partial charge < -0.3 is 10.1 Å². The summed E-state index contributed by atoms with van der Waals surface area (Å²) in [6.07, 6.45) is 3.89. The van der Waals surface area contributed by atoms with Crippen molar-refractivity contribution in [3.8, 4) is 11.4 Å². The molecule has 0 radical (unpaired) electrons. The van der Waals surface area contributed by atoms with Crippen LogP contribution in [0.25, 0.3) is 17.0 Å². The SMILES string of the molecule is O=C(CSc1nnc(-c2ccc(F)cc2)n1C[C@H]1CCCO1)NCc1nnc2ccccn12. The van der Waals surface area contributed by atoms with Crippen LogP contribution in [0.4, 0.5) is 4.39 Å². The van der Waals surface area contributed by atoms with E-state index in [4.69, 9.17) is 4.74 Å². The molecule has 4 heterocycles. The number of ether oxygens (including phenoxy) is 1. The number of hydrogen-bond acceptors (Lipinski definition) is 7. The van der Waals surface area contributed by atoms with Gasteiger partial charge in [0, 0.05) is 18.4 Å². The molecule has 1 N–H and O–H groups in total. The maximum absolute atomic E-state index is 13.4. The zero-order valence-electron chi connectivity index (χ0n) is 17.7. The van der Waals surface area contributed by atoms with Crippen LogP contribution >= 0.6 is 11.8 Å². The highest BCUT2D eigenvalue weighted by atomic mass is 32.2. The Hall–Kier alpha value is -3.31. The van der Waals surface area contributed by atoms with Crippen LogP contribution in [-0.4, -0.2) is 53.7 Å². The monoisotopic (exact) mass is 467 g/mol. The number of nitrogens with zero attached hydrogens (tertiary/aromatic N) is 6. The maximum atomic E-state index is 13.4. The molecule has 0 bridgehead atoms. The van der Waals surface area contributed by atoms with Crippen LogP contribution in [-0.2, 0) is 22.6 Å². The van der Waals surface area contributed by atoms with Crippen LogP contribution in [0, 0.1) is 5.82 Å². The molecule has 1 aromatic carbocycles. The van der Waals surface area contributed by atoms with Crippen molar-refractivity contribution < 1.29 is 13.9 Å². The minimum atomic E-state index is -0.310. The first-order valence-electron chi connectivity index (χ1n) is 10.7. The van der Waals surface area contributed by atoms with E-state index >= 15 is 0 Å². The number of fused-ring (bicyclic) bond motifs is 1. The van der Waals surface area contributed by atoms with Crippen molar-refractivity contribution in [1.29, 1.82) is 0 Å². The van der Waals surface area contributed by atoms with Crippen molar-refractivity contribution in [2.45, 2.75) is 37.2 Å². The smallest absolute Gasteiger partial charge is 0.230 e. The molecule has 0 saturated carbocycles. The zero-order valence-corrected chi connectivity index (χ0v) is 18.5. The quantitative estimate of drug-likeness (QED) is 0.398. The topological polar surface area (TPSA) is 99.2 Å². The van der Waals surface area contributed by atoms with Gasteiger partial charge in [-0.05, 0) is 49.2 Å². The standard InChI is InChI=1S/C22H22FN7O2S/c23-16-8-6-15(7-9-16)21-27-28-22(30(21)13-17-4-3-11-32-17)33-14-20(31)24-12-19-26-25-18-5-1-2-10-29(18)19/h1-2,5-10,17H,3-4,11-14H2,(H,24,31)/t17-/m1/s1. The number of hydrogen-bond donors (Lipinski definition) is 1. The van der Waals surface area contributed by atoms with Gasteiger partial charge >= 0.3 is 0 Å². The number of benzene rings is 1. The second-order valence-electron chi connectivity index (χ2n) is 7.67. The largest absolute Gasteiger partial charge is 0.376 e. The van der Waals surface area contributed by atoms with Gasteiger partial charge in [-0.2, -0.15) is 0 Å². The number of carbonyl (C=O) groups excluding carboxylic acids is 1. The number of thioether (sulfide) groups is 1. The molecular formula is C22H22FN7O2S. The molecule has 170 valence electrons. The summed E-state index contributed by atoms with van der Waals surface area (Å²) in [5.41, 5.74) is 1.49. The molecule has 33 heavy (non-hydrogen) atoms. The summed E-state index contributed by atoms with van der Waals surface area (Å²) >= 11 is 1.30. The number of halogens is 1. The lowest BCUT2D eigenvalue weighted by molar-refractivity contribution is -0.118. The Morgan fingerprint density at radius 1 is 1.15 bits per heavy atom. The molecule has 9 nitrogen and oxygen atoms in total. The molecule has 3 aromatic heterocycles. The van der Waals surface area contributed by atoms with Gasteiger partial charge in [0.15, 0.2) is 22.5 Å².